The van der Waals surface area contributed by atoms with E-state index in [4.69, 9.17) is 16.6 Å². The molecule has 1 N–H and O–H groups in total. The summed E-state index contributed by atoms with van der Waals surface area (Å²) in [6, 6.07) is 19.2. The van der Waals surface area contributed by atoms with Crippen LogP contribution in [0.15, 0.2) is 78.0 Å². The van der Waals surface area contributed by atoms with Gasteiger partial charge in [0.1, 0.15) is 0 Å². The lowest BCUT2D eigenvalue weighted by Crippen LogP contribution is -2.10. The lowest BCUT2D eigenvalue weighted by atomic mass is 9.96. The van der Waals surface area contributed by atoms with E-state index in [-0.39, 0.29) is 0 Å². The summed E-state index contributed by atoms with van der Waals surface area (Å²) < 4.78 is 25.9. The van der Waals surface area contributed by atoms with Gasteiger partial charge < -0.3 is 0 Å². The van der Waals surface area contributed by atoms with E-state index in [2.05, 4.69) is 9.71 Å². The Morgan fingerprint density at radius 3 is 2.34 bits per heavy atom. The van der Waals surface area contributed by atoms with Crippen LogP contribution >= 0.6 is 11.6 Å². The highest BCUT2D eigenvalue weighted by atomic mass is 35.5. The van der Waals surface area contributed by atoms with Crippen LogP contribution in [-0.4, -0.2) is 25.4 Å². The van der Waals surface area contributed by atoms with Crippen LogP contribution in [0.1, 0.15) is 23.1 Å². The fraction of sp³-hybridized carbons (Fsp3) is 0.0909. The summed E-state index contributed by atoms with van der Waals surface area (Å²) in [6.45, 7) is 0. The molecular formula is C22H18ClN3O2S. The molecule has 4 rings (SSSR count). The van der Waals surface area contributed by atoms with Crippen LogP contribution in [0.25, 0.3) is 11.3 Å². The lowest BCUT2D eigenvalue weighted by molar-refractivity contribution is 0.607. The Morgan fingerprint density at radius 1 is 0.931 bits per heavy atom. The Balaban J connectivity index is 1.81. The summed E-state index contributed by atoms with van der Waals surface area (Å²) in [5.41, 5.74) is 6.02. The predicted octanol–water partition coefficient (Wildman–Crippen LogP) is 4.87. The molecule has 0 amide bonds. The Hall–Kier alpha value is -2.96. The predicted molar refractivity (Wildman–Crippen MR) is 119 cm³/mol. The van der Waals surface area contributed by atoms with Gasteiger partial charge >= 0.3 is 0 Å². The SMILES string of the molecule is CS(=O)(=O)Nc1cc(C2=C(c3ccncc3)N=C(c3ccccc3)C2)ccc1Cl. The first-order valence-corrected chi connectivity index (χ1v) is 11.2. The molecule has 0 saturated carbocycles. The van der Waals surface area contributed by atoms with Crippen molar-refractivity contribution >= 4 is 44.3 Å². The van der Waals surface area contributed by atoms with Crippen molar-refractivity contribution in [3.8, 4) is 0 Å². The number of nitrogens with zero attached hydrogens (tertiary/aromatic N) is 2. The van der Waals surface area contributed by atoms with Crippen molar-refractivity contribution in [1.29, 1.82) is 0 Å². The molecule has 0 saturated heterocycles. The van der Waals surface area contributed by atoms with Crippen molar-refractivity contribution in [1.82, 2.24) is 4.98 Å². The van der Waals surface area contributed by atoms with E-state index >= 15 is 0 Å². The zero-order chi connectivity index (χ0) is 20.4. The zero-order valence-electron chi connectivity index (χ0n) is 15.6. The molecule has 2 aromatic carbocycles. The van der Waals surface area contributed by atoms with E-state index in [1.807, 2.05) is 48.5 Å². The number of pyridine rings is 1. The Labute approximate surface area is 174 Å². The van der Waals surface area contributed by atoms with E-state index in [1.54, 1.807) is 24.5 Å². The number of rotatable bonds is 5. The van der Waals surface area contributed by atoms with Gasteiger partial charge in [0.2, 0.25) is 10.0 Å². The largest absolute Gasteiger partial charge is 0.282 e. The summed E-state index contributed by atoms with van der Waals surface area (Å²) in [6.07, 6.45) is 5.19. The molecule has 29 heavy (non-hydrogen) atoms. The Bertz CT molecular complexity index is 1220. The van der Waals surface area contributed by atoms with Gasteiger partial charge in [-0.25, -0.2) is 8.42 Å². The quantitative estimate of drug-likeness (QED) is 0.636. The topological polar surface area (TPSA) is 71.4 Å². The number of allylic oxidation sites excluding steroid dienone is 1. The van der Waals surface area contributed by atoms with Gasteiger partial charge in [-0.05, 0) is 41.0 Å². The number of hydrogen-bond donors (Lipinski definition) is 1. The maximum absolute atomic E-state index is 11.7. The van der Waals surface area contributed by atoms with Crippen molar-refractivity contribution in [3.63, 3.8) is 0 Å². The maximum atomic E-state index is 11.7. The number of aromatic nitrogens is 1. The highest BCUT2D eigenvalue weighted by Gasteiger charge is 2.22. The highest BCUT2D eigenvalue weighted by molar-refractivity contribution is 7.92. The van der Waals surface area contributed by atoms with Gasteiger partial charge in [-0.2, -0.15) is 0 Å². The summed E-state index contributed by atoms with van der Waals surface area (Å²) in [5, 5.41) is 0.340. The van der Waals surface area contributed by atoms with Crippen LogP contribution in [0.5, 0.6) is 0 Å². The molecule has 7 heteroatoms. The van der Waals surface area contributed by atoms with Gasteiger partial charge in [-0.3, -0.25) is 14.7 Å². The fourth-order valence-corrected chi connectivity index (χ4v) is 4.06. The number of benzene rings is 2. The van der Waals surface area contributed by atoms with Gasteiger partial charge in [-0.15, -0.1) is 0 Å². The smallest absolute Gasteiger partial charge is 0.229 e. The molecule has 0 radical (unpaired) electrons. The van der Waals surface area contributed by atoms with E-state index in [1.165, 1.54) is 0 Å². The average molecular weight is 424 g/mol. The number of sulfonamides is 1. The molecule has 0 spiro atoms. The van der Waals surface area contributed by atoms with Crippen molar-refractivity contribution in [3.05, 3.63) is 94.8 Å². The van der Waals surface area contributed by atoms with E-state index in [9.17, 15) is 8.42 Å². The van der Waals surface area contributed by atoms with Crippen LogP contribution in [0.4, 0.5) is 5.69 Å². The van der Waals surface area contributed by atoms with Gasteiger partial charge in [0.25, 0.3) is 0 Å². The van der Waals surface area contributed by atoms with Gasteiger partial charge in [0, 0.05) is 24.4 Å². The molecule has 0 bridgehead atoms. The van der Waals surface area contributed by atoms with E-state index < -0.39 is 10.0 Å². The second-order valence-electron chi connectivity index (χ2n) is 6.73. The molecule has 1 aliphatic rings. The van der Waals surface area contributed by atoms with Gasteiger partial charge in [0.05, 0.1) is 28.4 Å². The fourth-order valence-electron chi connectivity index (χ4n) is 3.27. The van der Waals surface area contributed by atoms with E-state index in [0.29, 0.717) is 17.1 Å². The molecule has 1 aliphatic heterocycles. The third-order valence-corrected chi connectivity index (χ3v) is 5.47. The van der Waals surface area contributed by atoms with Crippen LogP contribution < -0.4 is 4.72 Å². The molecule has 2 heterocycles. The van der Waals surface area contributed by atoms with E-state index in [0.717, 1.165) is 39.9 Å². The van der Waals surface area contributed by atoms with Crippen LogP contribution in [0.2, 0.25) is 5.02 Å². The molecule has 146 valence electrons. The molecular weight excluding hydrogens is 406 g/mol. The Kier molecular flexibility index (Phi) is 5.22. The molecule has 1 aromatic heterocycles. The number of hydrogen-bond acceptors (Lipinski definition) is 4. The standard InChI is InChI=1S/C22H18ClN3O2S/c1-29(27,28)26-21-13-17(7-8-19(21)23)18-14-20(15-5-3-2-4-6-15)25-22(18)16-9-11-24-12-10-16/h2-13,26H,14H2,1H3. The second-order valence-corrected chi connectivity index (χ2v) is 8.89. The number of anilines is 1. The molecule has 5 nitrogen and oxygen atoms in total. The Morgan fingerprint density at radius 2 is 1.66 bits per heavy atom. The molecule has 0 aliphatic carbocycles. The zero-order valence-corrected chi connectivity index (χ0v) is 17.2. The van der Waals surface area contributed by atoms with Crippen molar-refractivity contribution in [2.45, 2.75) is 6.42 Å². The number of halogens is 1. The maximum Gasteiger partial charge on any atom is 0.229 e. The summed E-state index contributed by atoms with van der Waals surface area (Å²) >= 11 is 6.21. The third-order valence-electron chi connectivity index (χ3n) is 4.55. The lowest BCUT2D eigenvalue weighted by Gasteiger charge is -2.11. The minimum Gasteiger partial charge on any atom is -0.282 e. The van der Waals surface area contributed by atoms with Gasteiger partial charge in [-0.1, -0.05) is 48.0 Å². The number of aliphatic imine (C=N–C) groups is 1. The normalized spacial score (nSPS) is 14.1. The third kappa shape index (κ3) is 4.39. The number of nitrogens with one attached hydrogen (secondary N) is 1. The monoisotopic (exact) mass is 423 g/mol. The minimum absolute atomic E-state index is 0.340. The van der Waals surface area contributed by atoms with Crippen LogP contribution in [-0.2, 0) is 10.0 Å². The van der Waals surface area contributed by atoms with Crippen molar-refractivity contribution in [2.24, 2.45) is 4.99 Å². The minimum atomic E-state index is -3.45. The first-order chi connectivity index (χ1) is 13.9. The molecule has 0 unspecified atom stereocenters. The summed E-state index contributed by atoms with van der Waals surface area (Å²) in [5.74, 6) is 0. The van der Waals surface area contributed by atoms with Gasteiger partial charge in [0.15, 0.2) is 0 Å². The summed E-state index contributed by atoms with van der Waals surface area (Å²) in [4.78, 5) is 9.00. The average Bonchev–Trinajstić information content (AvgIpc) is 3.15. The molecule has 0 fully saturated rings. The van der Waals surface area contributed by atoms with Crippen molar-refractivity contribution in [2.75, 3.05) is 11.0 Å². The molecule has 3 aromatic rings. The first kappa shape index (κ1) is 19.4. The molecule has 0 atom stereocenters. The summed E-state index contributed by atoms with van der Waals surface area (Å²) in [7, 11) is -3.45. The second kappa shape index (κ2) is 7.81. The first-order valence-electron chi connectivity index (χ1n) is 8.95. The van der Waals surface area contributed by atoms with Crippen LogP contribution in [0, 0.1) is 0 Å². The highest BCUT2D eigenvalue weighted by Crippen LogP contribution is 2.38. The van der Waals surface area contributed by atoms with Crippen molar-refractivity contribution < 1.29 is 8.42 Å². The van der Waals surface area contributed by atoms with Crippen LogP contribution in [0.3, 0.4) is 0 Å².